The number of hydrogen-bond donors (Lipinski definition) is 1. The first-order valence-corrected chi connectivity index (χ1v) is 5.44. The maximum absolute atomic E-state index is 5.52. The van der Waals surface area contributed by atoms with E-state index in [4.69, 9.17) is 5.73 Å². The van der Waals surface area contributed by atoms with Gasteiger partial charge in [-0.1, -0.05) is 0 Å². The highest BCUT2D eigenvalue weighted by atomic mass is 32.1. The van der Waals surface area contributed by atoms with Crippen LogP contribution in [0, 0.1) is 0 Å². The molecule has 2 aromatic heterocycles. The zero-order valence-electron chi connectivity index (χ0n) is 8.10. The molecule has 4 heteroatoms. The number of hydrogen-bond acceptors (Lipinski definition) is 4. The third kappa shape index (κ3) is 1.58. The van der Waals surface area contributed by atoms with Gasteiger partial charge in [0.05, 0.1) is 0 Å². The highest BCUT2D eigenvalue weighted by Crippen LogP contribution is 2.27. The van der Waals surface area contributed by atoms with Crippen LogP contribution in [0.5, 0.6) is 0 Å². The molecule has 0 atom stereocenters. The molecule has 2 aromatic rings. The monoisotopic (exact) mass is 207 g/mol. The maximum atomic E-state index is 5.52. The van der Waals surface area contributed by atoms with Crippen LogP contribution in [0.2, 0.25) is 0 Å². The summed E-state index contributed by atoms with van der Waals surface area (Å²) in [7, 11) is 2.02. The largest absolute Gasteiger partial charge is 0.358 e. The molecule has 0 saturated heterocycles. The minimum Gasteiger partial charge on any atom is -0.358 e. The number of thiophene rings is 1. The molecule has 0 spiro atoms. The first kappa shape index (κ1) is 9.43. The SMILES string of the molecule is CN(CCN)c1nccc2sccc12. The lowest BCUT2D eigenvalue weighted by molar-refractivity contribution is 0.873. The minimum absolute atomic E-state index is 0.651. The van der Waals surface area contributed by atoms with E-state index in [0.29, 0.717) is 6.54 Å². The summed E-state index contributed by atoms with van der Waals surface area (Å²) in [6.07, 6.45) is 1.85. The van der Waals surface area contributed by atoms with Crippen molar-refractivity contribution in [2.75, 3.05) is 25.0 Å². The summed E-state index contributed by atoms with van der Waals surface area (Å²) in [5, 5.41) is 3.31. The number of fused-ring (bicyclic) bond motifs is 1. The second-order valence-electron chi connectivity index (χ2n) is 3.18. The van der Waals surface area contributed by atoms with E-state index in [-0.39, 0.29) is 0 Å². The fourth-order valence-electron chi connectivity index (χ4n) is 1.48. The average molecular weight is 207 g/mol. The Morgan fingerprint density at radius 1 is 1.50 bits per heavy atom. The van der Waals surface area contributed by atoms with Crippen molar-refractivity contribution in [1.82, 2.24) is 4.98 Å². The third-order valence-electron chi connectivity index (χ3n) is 2.18. The fraction of sp³-hybridized carbons (Fsp3) is 0.300. The molecule has 0 aliphatic rings. The van der Waals surface area contributed by atoms with Crippen molar-refractivity contribution in [3.8, 4) is 0 Å². The topological polar surface area (TPSA) is 42.1 Å². The van der Waals surface area contributed by atoms with Crippen molar-refractivity contribution in [1.29, 1.82) is 0 Å². The zero-order chi connectivity index (χ0) is 9.97. The van der Waals surface area contributed by atoms with Crippen LogP contribution in [-0.2, 0) is 0 Å². The van der Waals surface area contributed by atoms with E-state index in [2.05, 4.69) is 21.3 Å². The summed E-state index contributed by atoms with van der Waals surface area (Å²) in [6, 6.07) is 4.15. The highest BCUT2D eigenvalue weighted by molar-refractivity contribution is 7.17. The molecule has 2 heterocycles. The van der Waals surface area contributed by atoms with Gasteiger partial charge in [0.15, 0.2) is 0 Å². The number of nitrogens with two attached hydrogens (primary N) is 1. The average Bonchev–Trinajstić information content (AvgIpc) is 2.65. The highest BCUT2D eigenvalue weighted by Gasteiger charge is 2.06. The van der Waals surface area contributed by atoms with E-state index >= 15 is 0 Å². The van der Waals surface area contributed by atoms with E-state index in [1.54, 1.807) is 11.3 Å². The van der Waals surface area contributed by atoms with Gasteiger partial charge in [-0.25, -0.2) is 4.98 Å². The summed E-state index contributed by atoms with van der Waals surface area (Å²) in [5.41, 5.74) is 5.52. The lowest BCUT2D eigenvalue weighted by Crippen LogP contribution is -2.25. The van der Waals surface area contributed by atoms with Crippen molar-refractivity contribution in [2.45, 2.75) is 0 Å². The summed E-state index contributed by atoms with van der Waals surface area (Å²) in [6.45, 7) is 1.49. The van der Waals surface area contributed by atoms with Crippen LogP contribution in [0.4, 0.5) is 5.82 Å². The van der Waals surface area contributed by atoms with Crippen LogP contribution in [0.1, 0.15) is 0 Å². The standard InChI is InChI=1S/C10H13N3S/c1-13(6-4-11)10-8-3-7-14-9(8)2-5-12-10/h2-3,5,7H,4,6,11H2,1H3. The Labute approximate surface area is 87.2 Å². The van der Waals surface area contributed by atoms with Gasteiger partial charge < -0.3 is 10.6 Å². The molecule has 0 saturated carbocycles. The Kier molecular flexibility index (Phi) is 2.65. The van der Waals surface area contributed by atoms with Crippen LogP contribution >= 0.6 is 11.3 Å². The van der Waals surface area contributed by atoms with Crippen LogP contribution in [0.15, 0.2) is 23.7 Å². The van der Waals surface area contributed by atoms with Crippen LogP contribution < -0.4 is 10.6 Å². The fourth-order valence-corrected chi connectivity index (χ4v) is 2.26. The number of rotatable bonds is 3. The predicted octanol–water partition coefficient (Wildman–Crippen LogP) is 1.69. The van der Waals surface area contributed by atoms with E-state index in [0.717, 1.165) is 12.4 Å². The third-order valence-corrected chi connectivity index (χ3v) is 3.07. The van der Waals surface area contributed by atoms with Crippen molar-refractivity contribution in [3.05, 3.63) is 23.7 Å². The Morgan fingerprint density at radius 3 is 3.14 bits per heavy atom. The predicted molar refractivity (Wildman–Crippen MR) is 61.9 cm³/mol. The first-order chi connectivity index (χ1) is 6.83. The Bertz CT molecular complexity index is 424. The van der Waals surface area contributed by atoms with Crippen LogP contribution in [-0.4, -0.2) is 25.1 Å². The summed E-state index contributed by atoms with van der Waals surface area (Å²) in [5.74, 6) is 1.02. The van der Waals surface area contributed by atoms with Crippen molar-refractivity contribution < 1.29 is 0 Å². The molecule has 0 bridgehead atoms. The van der Waals surface area contributed by atoms with Crippen LogP contribution in [0.3, 0.4) is 0 Å². The summed E-state index contributed by atoms with van der Waals surface area (Å²) < 4.78 is 1.28. The number of pyridine rings is 1. The molecule has 0 aromatic carbocycles. The molecule has 3 nitrogen and oxygen atoms in total. The van der Waals surface area contributed by atoms with Crippen molar-refractivity contribution in [3.63, 3.8) is 0 Å². The summed E-state index contributed by atoms with van der Waals surface area (Å²) >= 11 is 1.74. The minimum atomic E-state index is 0.651. The second kappa shape index (κ2) is 3.94. The Balaban J connectivity index is 2.45. The number of aromatic nitrogens is 1. The smallest absolute Gasteiger partial charge is 0.137 e. The molecule has 0 aliphatic heterocycles. The Morgan fingerprint density at radius 2 is 2.36 bits per heavy atom. The number of nitrogens with zero attached hydrogens (tertiary/aromatic N) is 2. The van der Waals surface area contributed by atoms with Gasteiger partial charge in [0.1, 0.15) is 5.82 Å². The maximum Gasteiger partial charge on any atom is 0.137 e. The van der Waals surface area contributed by atoms with Crippen LogP contribution in [0.25, 0.3) is 10.1 Å². The number of anilines is 1. The lowest BCUT2D eigenvalue weighted by Gasteiger charge is -2.17. The molecule has 0 aliphatic carbocycles. The quantitative estimate of drug-likeness (QED) is 0.832. The van der Waals surface area contributed by atoms with Gasteiger partial charge >= 0.3 is 0 Å². The van der Waals surface area contributed by atoms with Gasteiger partial charge in [-0.15, -0.1) is 11.3 Å². The number of likely N-dealkylation sites (N-methyl/N-ethyl adjacent to an activating group) is 1. The lowest BCUT2D eigenvalue weighted by atomic mass is 10.3. The molecular formula is C10H13N3S. The molecule has 2 rings (SSSR count). The molecule has 0 radical (unpaired) electrons. The molecule has 74 valence electrons. The molecule has 0 unspecified atom stereocenters. The van der Waals surface area contributed by atoms with Gasteiger partial charge in [0.25, 0.3) is 0 Å². The van der Waals surface area contributed by atoms with Gasteiger partial charge in [0, 0.05) is 36.4 Å². The second-order valence-corrected chi connectivity index (χ2v) is 4.12. The zero-order valence-corrected chi connectivity index (χ0v) is 8.92. The van der Waals surface area contributed by atoms with E-state index in [1.165, 1.54) is 10.1 Å². The molecule has 14 heavy (non-hydrogen) atoms. The van der Waals surface area contributed by atoms with E-state index in [9.17, 15) is 0 Å². The molecule has 2 N–H and O–H groups in total. The van der Waals surface area contributed by atoms with Gasteiger partial charge in [0.2, 0.25) is 0 Å². The van der Waals surface area contributed by atoms with E-state index < -0.39 is 0 Å². The van der Waals surface area contributed by atoms with Gasteiger partial charge in [-0.3, -0.25) is 0 Å². The normalized spacial score (nSPS) is 10.7. The Hall–Kier alpha value is -1.13. The summed E-state index contributed by atoms with van der Waals surface area (Å²) in [4.78, 5) is 6.47. The van der Waals surface area contributed by atoms with Gasteiger partial charge in [-0.2, -0.15) is 0 Å². The van der Waals surface area contributed by atoms with E-state index in [1.807, 2.05) is 19.3 Å². The molecule has 0 amide bonds. The van der Waals surface area contributed by atoms with Crippen molar-refractivity contribution >= 4 is 27.2 Å². The molecule has 0 fully saturated rings. The van der Waals surface area contributed by atoms with Gasteiger partial charge in [-0.05, 0) is 17.5 Å². The first-order valence-electron chi connectivity index (χ1n) is 4.56. The molecular weight excluding hydrogens is 194 g/mol. The van der Waals surface area contributed by atoms with Crippen molar-refractivity contribution in [2.24, 2.45) is 5.73 Å².